The van der Waals surface area contributed by atoms with Crippen molar-refractivity contribution >= 4 is 16.9 Å². The van der Waals surface area contributed by atoms with Crippen molar-refractivity contribution in [2.24, 2.45) is 0 Å². The van der Waals surface area contributed by atoms with Gasteiger partial charge < -0.3 is 0 Å². The number of benzene rings is 2. The van der Waals surface area contributed by atoms with Crippen LogP contribution in [-0.2, 0) is 6.54 Å². The first-order valence-corrected chi connectivity index (χ1v) is 10.3. The first kappa shape index (κ1) is 21.5. The summed E-state index contributed by atoms with van der Waals surface area (Å²) in [7, 11) is 0. The van der Waals surface area contributed by atoms with Crippen LogP contribution in [0.1, 0.15) is 29.8 Å². The smallest absolute Gasteiger partial charge is 0.271 e. The standard InChI is InChI=1S/C23H22F2N6O/c1-3-30(4-2)14-15-8-10-16(11-9-15)23(32)29-31-22-17(13-26-31)12-20(27-28-22)18-6-5-7-19(24)21(18)25/h5-13H,3-4,14H2,1-2H3,(H,29,32). The van der Waals surface area contributed by atoms with E-state index in [-0.39, 0.29) is 22.8 Å². The van der Waals surface area contributed by atoms with Crippen LogP contribution in [0.15, 0.2) is 54.7 Å². The summed E-state index contributed by atoms with van der Waals surface area (Å²) in [5, 5.41) is 12.7. The molecule has 0 aliphatic rings. The van der Waals surface area contributed by atoms with E-state index in [1.807, 2.05) is 12.1 Å². The molecule has 0 bridgehead atoms. The third kappa shape index (κ3) is 4.33. The van der Waals surface area contributed by atoms with Gasteiger partial charge in [0.15, 0.2) is 11.6 Å². The molecule has 0 saturated carbocycles. The minimum Gasteiger partial charge on any atom is -0.300 e. The molecule has 0 atom stereocenters. The summed E-state index contributed by atoms with van der Waals surface area (Å²) in [6, 6.07) is 12.8. The maximum Gasteiger partial charge on any atom is 0.271 e. The number of halogens is 2. The largest absolute Gasteiger partial charge is 0.300 e. The summed E-state index contributed by atoms with van der Waals surface area (Å²) in [5.41, 5.74) is 4.72. The number of aromatic nitrogens is 4. The second kappa shape index (κ2) is 9.19. The van der Waals surface area contributed by atoms with Crippen molar-refractivity contribution in [3.8, 4) is 11.3 Å². The monoisotopic (exact) mass is 436 g/mol. The molecule has 0 aliphatic carbocycles. The number of carbonyl (C=O) groups excluding carboxylic acids is 1. The molecule has 0 saturated heterocycles. The topological polar surface area (TPSA) is 75.9 Å². The van der Waals surface area contributed by atoms with Gasteiger partial charge in [-0.05, 0) is 49.0 Å². The number of hydrogen-bond donors (Lipinski definition) is 1. The van der Waals surface area contributed by atoms with Gasteiger partial charge >= 0.3 is 0 Å². The van der Waals surface area contributed by atoms with Gasteiger partial charge in [-0.1, -0.05) is 32.0 Å². The van der Waals surface area contributed by atoms with Gasteiger partial charge in [-0.15, -0.1) is 10.2 Å². The Morgan fingerprint density at radius 3 is 2.53 bits per heavy atom. The average molecular weight is 436 g/mol. The van der Waals surface area contributed by atoms with Crippen LogP contribution in [0.4, 0.5) is 8.78 Å². The minimum atomic E-state index is -0.994. The molecule has 0 fully saturated rings. The molecular formula is C23H22F2N6O. The fourth-order valence-electron chi connectivity index (χ4n) is 3.38. The molecule has 0 spiro atoms. The zero-order chi connectivity index (χ0) is 22.7. The quantitative estimate of drug-likeness (QED) is 0.474. The van der Waals surface area contributed by atoms with Crippen LogP contribution in [0.3, 0.4) is 0 Å². The number of nitrogens with zero attached hydrogens (tertiary/aromatic N) is 5. The lowest BCUT2D eigenvalue weighted by Crippen LogP contribution is -2.24. The van der Waals surface area contributed by atoms with E-state index in [0.717, 1.165) is 31.3 Å². The fraction of sp³-hybridized carbons (Fsp3) is 0.217. The van der Waals surface area contributed by atoms with Gasteiger partial charge in [0.25, 0.3) is 5.91 Å². The summed E-state index contributed by atoms with van der Waals surface area (Å²) in [6.45, 7) is 6.96. The van der Waals surface area contributed by atoms with E-state index in [4.69, 9.17) is 0 Å². The first-order chi connectivity index (χ1) is 15.5. The molecule has 2 aromatic heterocycles. The highest BCUT2D eigenvalue weighted by Gasteiger charge is 2.15. The van der Waals surface area contributed by atoms with Gasteiger partial charge in [0.05, 0.1) is 11.9 Å². The number of amides is 1. The van der Waals surface area contributed by atoms with Crippen molar-refractivity contribution in [2.75, 3.05) is 18.5 Å². The second-order valence-corrected chi connectivity index (χ2v) is 7.27. The highest BCUT2D eigenvalue weighted by molar-refractivity contribution is 6.00. The van der Waals surface area contributed by atoms with Crippen LogP contribution in [-0.4, -0.2) is 44.0 Å². The summed E-state index contributed by atoms with van der Waals surface area (Å²) >= 11 is 0. The van der Waals surface area contributed by atoms with Crippen molar-refractivity contribution in [3.63, 3.8) is 0 Å². The van der Waals surface area contributed by atoms with E-state index >= 15 is 0 Å². The lowest BCUT2D eigenvalue weighted by atomic mass is 10.1. The van der Waals surface area contributed by atoms with Crippen LogP contribution in [0.2, 0.25) is 0 Å². The van der Waals surface area contributed by atoms with Crippen molar-refractivity contribution < 1.29 is 13.6 Å². The van der Waals surface area contributed by atoms with Gasteiger partial charge in [-0.2, -0.15) is 9.89 Å². The summed E-state index contributed by atoms with van der Waals surface area (Å²) in [6.07, 6.45) is 1.47. The number of fused-ring (bicyclic) bond motifs is 1. The number of carbonyl (C=O) groups is 1. The fourth-order valence-corrected chi connectivity index (χ4v) is 3.38. The molecule has 4 rings (SSSR count). The molecule has 0 unspecified atom stereocenters. The van der Waals surface area contributed by atoms with E-state index in [9.17, 15) is 13.6 Å². The van der Waals surface area contributed by atoms with E-state index in [0.29, 0.717) is 10.9 Å². The zero-order valence-electron chi connectivity index (χ0n) is 17.7. The molecule has 4 aromatic rings. The van der Waals surface area contributed by atoms with Crippen molar-refractivity contribution in [1.82, 2.24) is 25.0 Å². The number of rotatable bonds is 7. The molecule has 0 aliphatic heterocycles. The van der Waals surface area contributed by atoms with Gasteiger partial charge in [-0.25, -0.2) is 14.2 Å². The highest BCUT2D eigenvalue weighted by atomic mass is 19.2. The van der Waals surface area contributed by atoms with Crippen molar-refractivity contribution in [2.45, 2.75) is 20.4 Å². The molecule has 7 nitrogen and oxygen atoms in total. The Hall–Kier alpha value is -3.72. The Labute approximate surface area is 183 Å². The maximum atomic E-state index is 14.1. The Morgan fingerprint density at radius 1 is 1.06 bits per heavy atom. The van der Waals surface area contributed by atoms with Crippen molar-refractivity contribution in [1.29, 1.82) is 0 Å². The second-order valence-electron chi connectivity index (χ2n) is 7.27. The summed E-state index contributed by atoms with van der Waals surface area (Å²) < 4.78 is 27.6. The average Bonchev–Trinajstić information content (AvgIpc) is 3.21. The zero-order valence-corrected chi connectivity index (χ0v) is 17.7. The third-order valence-electron chi connectivity index (χ3n) is 5.27. The van der Waals surface area contributed by atoms with Crippen LogP contribution >= 0.6 is 0 Å². The van der Waals surface area contributed by atoms with Gasteiger partial charge in [-0.3, -0.25) is 9.69 Å². The van der Waals surface area contributed by atoms with E-state index in [1.165, 1.54) is 29.2 Å². The number of hydrogen-bond acceptors (Lipinski definition) is 5. The van der Waals surface area contributed by atoms with Gasteiger partial charge in [0, 0.05) is 23.1 Å². The molecule has 2 aromatic carbocycles. The minimum absolute atomic E-state index is 0.000914. The Morgan fingerprint density at radius 2 is 1.81 bits per heavy atom. The normalized spacial score (nSPS) is 11.3. The molecule has 0 radical (unpaired) electrons. The van der Waals surface area contributed by atoms with E-state index < -0.39 is 11.6 Å². The van der Waals surface area contributed by atoms with Gasteiger partial charge in [0.1, 0.15) is 0 Å². The van der Waals surface area contributed by atoms with E-state index in [2.05, 4.69) is 39.5 Å². The van der Waals surface area contributed by atoms with E-state index in [1.54, 1.807) is 12.1 Å². The predicted octanol–water partition coefficient (Wildman–Crippen LogP) is 4.00. The Bertz CT molecular complexity index is 1250. The Balaban J connectivity index is 1.52. The SMILES string of the molecule is CCN(CC)Cc1ccc(C(=O)Nn2ncc3cc(-c4cccc(F)c4F)nnc32)cc1. The third-order valence-corrected chi connectivity index (χ3v) is 5.27. The molecule has 1 amide bonds. The summed E-state index contributed by atoms with van der Waals surface area (Å²) in [4.78, 5) is 16.1. The van der Waals surface area contributed by atoms with Gasteiger partial charge in [0.2, 0.25) is 5.65 Å². The predicted molar refractivity (Wildman–Crippen MR) is 117 cm³/mol. The molecule has 9 heteroatoms. The maximum absolute atomic E-state index is 14.1. The highest BCUT2D eigenvalue weighted by Crippen LogP contribution is 2.24. The molecule has 2 heterocycles. The lowest BCUT2D eigenvalue weighted by Gasteiger charge is -2.18. The van der Waals surface area contributed by atoms with Crippen LogP contribution in [0.5, 0.6) is 0 Å². The lowest BCUT2D eigenvalue weighted by molar-refractivity contribution is 0.101. The van der Waals surface area contributed by atoms with Crippen LogP contribution in [0.25, 0.3) is 22.3 Å². The number of nitrogens with one attached hydrogen (secondary N) is 1. The molecule has 1 N–H and O–H groups in total. The van der Waals surface area contributed by atoms with Crippen molar-refractivity contribution in [3.05, 3.63) is 77.5 Å². The van der Waals surface area contributed by atoms with Crippen LogP contribution < -0.4 is 5.43 Å². The first-order valence-electron chi connectivity index (χ1n) is 10.3. The van der Waals surface area contributed by atoms with Crippen LogP contribution in [0, 0.1) is 11.6 Å². The molecule has 32 heavy (non-hydrogen) atoms. The molecule has 164 valence electrons. The Kier molecular flexibility index (Phi) is 6.18. The molecular weight excluding hydrogens is 414 g/mol. The summed E-state index contributed by atoms with van der Waals surface area (Å²) in [5.74, 6) is -2.31.